The van der Waals surface area contributed by atoms with Gasteiger partial charge < -0.3 is 27.8 Å². The lowest BCUT2D eigenvalue weighted by molar-refractivity contribution is -0.141. The summed E-state index contributed by atoms with van der Waals surface area (Å²) in [6.07, 6.45) is 0.956. The summed E-state index contributed by atoms with van der Waals surface area (Å²) in [5.74, 6) is 0.178. The molecule has 0 aliphatic carbocycles. The van der Waals surface area contributed by atoms with E-state index < -0.39 is 32.7 Å². The Bertz CT molecular complexity index is 857. The summed E-state index contributed by atoms with van der Waals surface area (Å²) >= 11 is 0. The van der Waals surface area contributed by atoms with Crippen LogP contribution in [-0.4, -0.2) is 59.1 Å². The second-order valence-corrected chi connectivity index (χ2v) is 11.1. The molecule has 0 aliphatic heterocycles. The van der Waals surface area contributed by atoms with E-state index in [1.165, 1.54) is 0 Å². The molecule has 0 heterocycles. The van der Waals surface area contributed by atoms with Crippen LogP contribution in [0.5, 0.6) is 11.5 Å². The number of rotatable bonds is 16. The van der Waals surface area contributed by atoms with Gasteiger partial charge in [0.1, 0.15) is 50.1 Å². The predicted molar refractivity (Wildman–Crippen MR) is 133 cm³/mol. The van der Waals surface area contributed by atoms with Gasteiger partial charge in [-0.1, -0.05) is 49.6 Å². The van der Waals surface area contributed by atoms with Crippen molar-refractivity contribution in [1.29, 1.82) is 0 Å². The number of hydrogen-bond donors (Lipinski definition) is 0. The van der Waals surface area contributed by atoms with Crippen LogP contribution >= 0.6 is 0 Å². The number of ether oxygens (including phenoxy) is 4. The first-order valence-corrected chi connectivity index (χ1v) is 13.9. The summed E-state index contributed by atoms with van der Waals surface area (Å²) in [7, 11) is -2.86. The molecule has 0 saturated carbocycles. The number of esters is 2. The molecule has 8 nitrogen and oxygen atoms in total. The van der Waals surface area contributed by atoms with Gasteiger partial charge in [-0.2, -0.15) is 0 Å². The van der Waals surface area contributed by atoms with Gasteiger partial charge >= 0.3 is 20.5 Å². The van der Waals surface area contributed by atoms with Crippen molar-refractivity contribution < 1.29 is 37.4 Å². The molecule has 0 aliphatic rings. The highest BCUT2D eigenvalue weighted by Crippen LogP contribution is 2.17. The molecule has 35 heavy (non-hydrogen) atoms. The molecule has 0 amide bonds. The minimum atomic E-state index is -2.86. The molecule has 0 N–H and O–H groups in total. The zero-order valence-electron chi connectivity index (χ0n) is 20.1. The molecule has 0 spiro atoms. The van der Waals surface area contributed by atoms with E-state index in [-0.39, 0.29) is 26.4 Å². The van der Waals surface area contributed by atoms with E-state index >= 15 is 0 Å². The van der Waals surface area contributed by atoms with E-state index in [1.54, 1.807) is 0 Å². The molecule has 0 bridgehead atoms. The van der Waals surface area contributed by atoms with E-state index in [4.69, 9.17) is 27.8 Å². The fourth-order valence-electron chi connectivity index (χ4n) is 2.94. The number of carbonyl (C=O) groups excluding carboxylic acids is 2. The van der Waals surface area contributed by atoms with Crippen LogP contribution in [-0.2, 0) is 27.9 Å². The minimum Gasteiger partial charge on any atom is -0.491 e. The summed E-state index contributed by atoms with van der Waals surface area (Å²) < 4.78 is 34.5. The van der Waals surface area contributed by atoms with Crippen molar-refractivity contribution >= 4 is 20.5 Å². The SMILES string of the molecule is C=CC(=O)OCC(COc1ccccc1)O[Si](C)(C)OC(COC(=O)C=C)COc1ccccc1. The second kappa shape index (κ2) is 14.8. The van der Waals surface area contributed by atoms with Crippen molar-refractivity contribution in [3.63, 3.8) is 0 Å². The van der Waals surface area contributed by atoms with Crippen LogP contribution in [0.2, 0.25) is 13.1 Å². The zero-order valence-corrected chi connectivity index (χ0v) is 21.1. The van der Waals surface area contributed by atoms with E-state index in [1.807, 2.05) is 73.8 Å². The standard InChI is InChI=1S/C26H32O8Si/c1-5-25(27)31-19-23(17-29-21-13-9-7-10-14-21)33-35(3,4)34-24(20-32-26(28)6-2)18-30-22-15-11-8-12-16-22/h5-16,23-24H,1-2,17-20H2,3-4H3. The number of carbonyl (C=O) groups is 2. The molecule has 2 atom stereocenters. The molecule has 0 radical (unpaired) electrons. The smallest absolute Gasteiger partial charge is 0.332 e. The second-order valence-electron chi connectivity index (χ2n) is 7.80. The van der Waals surface area contributed by atoms with Gasteiger partial charge in [-0.05, 0) is 37.4 Å². The van der Waals surface area contributed by atoms with E-state index in [0.29, 0.717) is 11.5 Å². The highest BCUT2D eigenvalue weighted by Gasteiger charge is 2.34. The van der Waals surface area contributed by atoms with Gasteiger partial charge in [0.15, 0.2) is 0 Å². The molecule has 2 rings (SSSR count). The highest BCUT2D eigenvalue weighted by molar-refractivity contribution is 6.64. The maximum absolute atomic E-state index is 11.6. The molecule has 9 heteroatoms. The van der Waals surface area contributed by atoms with Crippen LogP contribution in [0.4, 0.5) is 0 Å². The van der Waals surface area contributed by atoms with Crippen molar-refractivity contribution in [1.82, 2.24) is 0 Å². The predicted octanol–water partition coefficient (Wildman–Crippen LogP) is 4.08. The first-order chi connectivity index (χ1) is 16.8. The third-order valence-corrected chi connectivity index (χ3v) is 6.22. The zero-order chi connectivity index (χ0) is 25.5. The van der Waals surface area contributed by atoms with Crippen LogP contribution < -0.4 is 9.47 Å². The van der Waals surface area contributed by atoms with Gasteiger partial charge in [-0.25, -0.2) is 9.59 Å². The van der Waals surface area contributed by atoms with Crippen molar-refractivity contribution in [3.8, 4) is 11.5 Å². The Morgan fingerprint density at radius 2 is 1.09 bits per heavy atom. The van der Waals surface area contributed by atoms with Crippen LogP contribution in [0.15, 0.2) is 86.0 Å². The third-order valence-electron chi connectivity index (χ3n) is 4.42. The van der Waals surface area contributed by atoms with Crippen molar-refractivity contribution in [2.75, 3.05) is 26.4 Å². The average Bonchev–Trinajstić information content (AvgIpc) is 2.87. The molecule has 2 aromatic carbocycles. The molecule has 0 fully saturated rings. The fourth-order valence-corrected chi connectivity index (χ4v) is 4.88. The lowest BCUT2D eigenvalue weighted by Crippen LogP contribution is -2.47. The fraction of sp³-hybridized carbons (Fsp3) is 0.308. The maximum Gasteiger partial charge on any atom is 0.332 e. The Balaban J connectivity index is 2.04. The Labute approximate surface area is 207 Å². The molecular formula is C26H32O8Si. The van der Waals surface area contributed by atoms with E-state index in [2.05, 4.69) is 13.2 Å². The minimum absolute atomic E-state index is 0.0475. The molecule has 188 valence electrons. The first kappa shape index (κ1) is 27.8. The Hall–Kier alpha value is -3.40. The Morgan fingerprint density at radius 1 is 0.714 bits per heavy atom. The molecule has 2 aromatic rings. The summed E-state index contributed by atoms with van der Waals surface area (Å²) in [4.78, 5) is 23.2. The van der Waals surface area contributed by atoms with Crippen molar-refractivity contribution in [3.05, 3.63) is 86.0 Å². The summed E-state index contributed by atoms with van der Waals surface area (Å²) in [5.41, 5.74) is 0. The topological polar surface area (TPSA) is 89.5 Å². The van der Waals surface area contributed by atoms with Crippen molar-refractivity contribution in [2.24, 2.45) is 0 Å². The lowest BCUT2D eigenvalue weighted by Gasteiger charge is -2.32. The van der Waals surface area contributed by atoms with Crippen molar-refractivity contribution in [2.45, 2.75) is 25.3 Å². The number of para-hydroxylation sites is 2. The highest BCUT2D eigenvalue weighted by atomic mass is 28.4. The molecule has 2 unspecified atom stereocenters. The third kappa shape index (κ3) is 11.5. The van der Waals surface area contributed by atoms with Gasteiger partial charge in [-0.3, -0.25) is 0 Å². The Morgan fingerprint density at radius 3 is 1.43 bits per heavy atom. The average molecular weight is 501 g/mol. The normalized spacial score (nSPS) is 12.6. The number of hydrogen-bond acceptors (Lipinski definition) is 8. The molecule has 0 aromatic heterocycles. The lowest BCUT2D eigenvalue weighted by atomic mass is 10.3. The van der Waals surface area contributed by atoms with E-state index in [9.17, 15) is 9.59 Å². The van der Waals surface area contributed by atoms with Gasteiger partial charge in [0, 0.05) is 12.2 Å². The van der Waals surface area contributed by atoms with Gasteiger partial charge in [-0.15, -0.1) is 0 Å². The van der Waals surface area contributed by atoms with Crippen LogP contribution in [0, 0.1) is 0 Å². The van der Waals surface area contributed by atoms with Gasteiger partial charge in [0.05, 0.1) is 0 Å². The van der Waals surface area contributed by atoms with Gasteiger partial charge in [0.2, 0.25) is 0 Å². The van der Waals surface area contributed by atoms with Crippen LogP contribution in [0.25, 0.3) is 0 Å². The Kier molecular flexibility index (Phi) is 11.7. The summed E-state index contributed by atoms with van der Waals surface area (Å²) in [5, 5.41) is 0. The van der Waals surface area contributed by atoms with Crippen LogP contribution in [0.1, 0.15) is 0 Å². The quantitative estimate of drug-likeness (QED) is 0.194. The first-order valence-electron chi connectivity index (χ1n) is 11.1. The largest absolute Gasteiger partial charge is 0.491 e. The van der Waals surface area contributed by atoms with E-state index in [0.717, 1.165) is 12.2 Å². The summed E-state index contributed by atoms with van der Waals surface area (Å²) in [6, 6.07) is 18.4. The number of benzene rings is 2. The van der Waals surface area contributed by atoms with Gasteiger partial charge in [0.25, 0.3) is 0 Å². The molecule has 0 saturated heterocycles. The molecular weight excluding hydrogens is 468 g/mol. The van der Waals surface area contributed by atoms with Crippen LogP contribution in [0.3, 0.4) is 0 Å². The maximum atomic E-state index is 11.6. The monoisotopic (exact) mass is 500 g/mol. The summed E-state index contributed by atoms with van der Waals surface area (Å²) in [6.45, 7) is 10.7.